The zero-order chi connectivity index (χ0) is 13.0. The standard InChI is InChI=1S/C13H11NO3S/c1-2-17-13(16)9-6-8-18-12(9)11(15)10-5-3-4-7-14-10/h3-8H,2H2,1H3. The van der Waals surface area contributed by atoms with Crippen LogP contribution >= 0.6 is 11.3 Å². The molecule has 2 heterocycles. The van der Waals surface area contributed by atoms with Crippen molar-refractivity contribution in [3.63, 3.8) is 0 Å². The molecule has 0 radical (unpaired) electrons. The summed E-state index contributed by atoms with van der Waals surface area (Å²) < 4.78 is 4.91. The van der Waals surface area contributed by atoms with Gasteiger partial charge in [0.25, 0.3) is 0 Å². The van der Waals surface area contributed by atoms with Gasteiger partial charge in [0.15, 0.2) is 0 Å². The van der Waals surface area contributed by atoms with E-state index in [9.17, 15) is 9.59 Å². The maximum atomic E-state index is 12.2. The van der Waals surface area contributed by atoms with Crippen molar-refractivity contribution in [1.29, 1.82) is 0 Å². The highest BCUT2D eigenvalue weighted by atomic mass is 32.1. The van der Waals surface area contributed by atoms with Gasteiger partial charge in [0.2, 0.25) is 5.78 Å². The van der Waals surface area contributed by atoms with Crippen LogP contribution in [0.5, 0.6) is 0 Å². The molecule has 0 aliphatic heterocycles. The number of hydrogen-bond acceptors (Lipinski definition) is 5. The number of pyridine rings is 1. The molecule has 0 amide bonds. The van der Waals surface area contributed by atoms with Crippen LogP contribution in [0.15, 0.2) is 35.8 Å². The number of rotatable bonds is 4. The third kappa shape index (κ3) is 2.46. The number of hydrogen-bond donors (Lipinski definition) is 0. The van der Waals surface area contributed by atoms with Gasteiger partial charge in [-0.25, -0.2) is 4.79 Å². The predicted octanol–water partition coefficient (Wildman–Crippen LogP) is 2.55. The third-order valence-corrected chi connectivity index (χ3v) is 3.18. The Bertz CT molecular complexity index is 563. The summed E-state index contributed by atoms with van der Waals surface area (Å²) in [5.74, 6) is -0.730. The van der Waals surface area contributed by atoms with Crippen molar-refractivity contribution in [2.75, 3.05) is 6.61 Å². The van der Waals surface area contributed by atoms with E-state index >= 15 is 0 Å². The van der Waals surface area contributed by atoms with Gasteiger partial charge in [0.05, 0.1) is 17.0 Å². The van der Waals surface area contributed by atoms with Gasteiger partial charge < -0.3 is 4.74 Å². The van der Waals surface area contributed by atoms with E-state index < -0.39 is 5.97 Å². The van der Waals surface area contributed by atoms with Crippen molar-refractivity contribution in [2.24, 2.45) is 0 Å². The number of ether oxygens (including phenoxy) is 1. The highest BCUT2D eigenvalue weighted by molar-refractivity contribution is 7.12. The molecule has 2 aromatic rings. The molecule has 0 spiro atoms. The summed E-state index contributed by atoms with van der Waals surface area (Å²) in [4.78, 5) is 28.2. The van der Waals surface area contributed by atoms with Crippen molar-refractivity contribution in [3.8, 4) is 0 Å². The van der Waals surface area contributed by atoms with Crippen molar-refractivity contribution in [2.45, 2.75) is 6.92 Å². The van der Waals surface area contributed by atoms with Crippen molar-refractivity contribution in [1.82, 2.24) is 4.98 Å². The number of esters is 1. The third-order valence-electron chi connectivity index (χ3n) is 2.26. The Morgan fingerprint density at radius 2 is 2.17 bits per heavy atom. The number of thiophene rings is 1. The number of aromatic nitrogens is 1. The van der Waals surface area contributed by atoms with Gasteiger partial charge in [0, 0.05) is 6.20 Å². The summed E-state index contributed by atoms with van der Waals surface area (Å²) in [6.07, 6.45) is 1.55. The van der Waals surface area contributed by atoms with Gasteiger partial charge in [-0.15, -0.1) is 11.3 Å². The SMILES string of the molecule is CCOC(=O)c1ccsc1C(=O)c1ccccn1. The van der Waals surface area contributed by atoms with Gasteiger partial charge >= 0.3 is 5.97 Å². The summed E-state index contributed by atoms with van der Waals surface area (Å²) in [5.41, 5.74) is 0.628. The van der Waals surface area contributed by atoms with E-state index in [-0.39, 0.29) is 12.4 Å². The summed E-state index contributed by atoms with van der Waals surface area (Å²) in [7, 11) is 0. The van der Waals surface area contributed by atoms with Crippen molar-refractivity contribution < 1.29 is 14.3 Å². The van der Waals surface area contributed by atoms with Crippen molar-refractivity contribution >= 4 is 23.1 Å². The molecule has 0 bridgehead atoms. The smallest absolute Gasteiger partial charge is 0.339 e. The first-order valence-electron chi connectivity index (χ1n) is 5.44. The van der Waals surface area contributed by atoms with E-state index in [0.717, 1.165) is 0 Å². The lowest BCUT2D eigenvalue weighted by atomic mass is 10.1. The van der Waals surface area contributed by atoms with E-state index in [1.165, 1.54) is 11.3 Å². The second-order valence-corrected chi connectivity index (χ2v) is 4.34. The van der Waals surface area contributed by atoms with Crippen LogP contribution < -0.4 is 0 Å². The first-order chi connectivity index (χ1) is 8.74. The van der Waals surface area contributed by atoms with Crippen LogP contribution in [-0.4, -0.2) is 23.3 Å². The molecule has 0 aliphatic carbocycles. The van der Waals surface area contributed by atoms with E-state index in [1.54, 1.807) is 42.8 Å². The largest absolute Gasteiger partial charge is 0.462 e. The summed E-state index contributed by atoms with van der Waals surface area (Å²) in [5, 5.41) is 1.70. The molecule has 92 valence electrons. The maximum absolute atomic E-state index is 12.2. The normalized spacial score (nSPS) is 10.1. The molecule has 2 rings (SSSR count). The fraction of sp³-hybridized carbons (Fsp3) is 0.154. The molecule has 0 aromatic carbocycles. The van der Waals surface area contributed by atoms with Crippen LogP contribution in [-0.2, 0) is 4.74 Å². The van der Waals surface area contributed by atoms with Crippen LogP contribution in [0.25, 0.3) is 0 Å². The lowest BCUT2D eigenvalue weighted by Crippen LogP contribution is -2.10. The lowest BCUT2D eigenvalue weighted by molar-refractivity contribution is 0.0524. The molecule has 0 atom stereocenters. The lowest BCUT2D eigenvalue weighted by Gasteiger charge is -2.02. The Morgan fingerprint density at radius 1 is 1.33 bits per heavy atom. The topological polar surface area (TPSA) is 56.3 Å². The van der Waals surface area contributed by atoms with Gasteiger partial charge in [-0.2, -0.15) is 0 Å². The summed E-state index contributed by atoms with van der Waals surface area (Å²) in [6.45, 7) is 2.01. The molecule has 5 heteroatoms. The predicted molar refractivity (Wildman–Crippen MR) is 67.9 cm³/mol. The average Bonchev–Trinajstić information content (AvgIpc) is 2.88. The first-order valence-corrected chi connectivity index (χ1v) is 6.32. The fourth-order valence-corrected chi connectivity index (χ4v) is 2.30. The highest BCUT2D eigenvalue weighted by Gasteiger charge is 2.21. The number of carbonyl (C=O) groups is 2. The molecule has 18 heavy (non-hydrogen) atoms. The zero-order valence-corrected chi connectivity index (χ0v) is 10.6. The minimum Gasteiger partial charge on any atom is -0.462 e. The monoisotopic (exact) mass is 261 g/mol. The van der Waals surface area contributed by atoms with Crippen LogP contribution in [0.3, 0.4) is 0 Å². The second-order valence-electron chi connectivity index (χ2n) is 3.43. The van der Waals surface area contributed by atoms with Gasteiger partial charge in [0.1, 0.15) is 5.69 Å². The highest BCUT2D eigenvalue weighted by Crippen LogP contribution is 2.21. The van der Waals surface area contributed by atoms with Gasteiger partial charge in [-0.05, 0) is 30.5 Å². The molecule has 0 N–H and O–H groups in total. The molecule has 4 nitrogen and oxygen atoms in total. The van der Waals surface area contributed by atoms with E-state index in [1.807, 2.05) is 0 Å². The zero-order valence-electron chi connectivity index (χ0n) is 9.75. The minimum absolute atomic E-state index is 0.256. The molecule has 2 aromatic heterocycles. The Hall–Kier alpha value is -2.01. The molecule has 0 saturated heterocycles. The molecule has 0 unspecified atom stereocenters. The van der Waals surface area contributed by atoms with E-state index in [0.29, 0.717) is 16.1 Å². The molecule has 0 saturated carbocycles. The molecular formula is C13H11NO3S. The summed E-state index contributed by atoms with van der Waals surface area (Å²) in [6, 6.07) is 6.69. The van der Waals surface area contributed by atoms with Crippen molar-refractivity contribution in [3.05, 3.63) is 52.0 Å². The quantitative estimate of drug-likeness (QED) is 0.627. The molecule has 0 aliphatic rings. The number of carbonyl (C=O) groups excluding carboxylic acids is 2. The van der Waals surface area contributed by atoms with E-state index in [2.05, 4.69) is 4.98 Å². The van der Waals surface area contributed by atoms with Crippen LogP contribution in [0.1, 0.15) is 32.6 Å². The van der Waals surface area contributed by atoms with Gasteiger partial charge in [-0.1, -0.05) is 6.07 Å². The molecular weight excluding hydrogens is 250 g/mol. The summed E-state index contributed by atoms with van der Waals surface area (Å²) >= 11 is 1.22. The van der Waals surface area contributed by atoms with Crippen LogP contribution in [0.4, 0.5) is 0 Å². The number of nitrogens with zero attached hydrogens (tertiary/aromatic N) is 1. The van der Waals surface area contributed by atoms with E-state index in [4.69, 9.17) is 4.74 Å². The number of ketones is 1. The first kappa shape index (κ1) is 12.4. The van der Waals surface area contributed by atoms with Gasteiger partial charge in [-0.3, -0.25) is 9.78 Å². The Kier molecular flexibility index (Phi) is 3.84. The second kappa shape index (κ2) is 5.55. The molecule has 0 fully saturated rings. The van der Waals surface area contributed by atoms with Crippen LogP contribution in [0, 0.1) is 0 Å². The Balaban J connectivity index is 2.32. The van der Waals surface area contributed by atoms with Crippen LogP contribution in [0.2, 0.25) is 0 Å². The Labute approximate surface area is 108 Å². The Morgan fingerprint density at radius 3 is 2.83 bits per heavy atom. The minimum atomic E-state index is -0.474. The maximum Gasteiger partial charge on any atom is 0.339 e. The average molecular weight is 261 g/mol. The fourth-order valence-electron chi connectivity index (χ4n) is 1.47.